The zero-order chi connectivity index (χ0) is 48.9. The van der Waals surface area contributed by atoms with Gasteiger partial charge in [-0.15, -0.1) is 0 Å². The van der Waals surface area contributed by atoms with E-state index in [1.165, 1.54) is 30.6 Å². The van der Waals surface area contributed by atoms with E-state index < -0.39 is 0 Å². The molecule has 68 heavy (non-hydrogen) atoms. The normalized spacial score (nSPS) is 13.0. The first-order valence-corrected chi connectivity index (χ1v) is 25.9. The number of phenolic OH excluding ortho intramolecular Hbond substituents is 1. The summed E-state index contributed by atoms with van der Waals surface area (Å²) in [6.45, 7) is 33.9. The second-order valence-corrected chi connectivity index (χ2v) is 26.4. The third-order valence-corrected chi connectivity index (χ3v) is 16.0. The molecule has 0 aliphatic heterocycles. The summed E-state index contributed by atoms with van der Waals surface area (Å²) in [6.07, 6.45) is 2.77. The van der Waals surface area contributed by atoms with Crippen LogP contribution < -0.4 is 0 Å². The van der Waals surface area contributed by atoms with Crippen molar-refractivity contribution in [3.63, 3.8) is 0 Å². The molecule has 6 aromatic carbocycles. The number of benzene rings is 6. The topological polar surface area (TPSA) is 63.8 Å². The summed E-state index contributed by atoms with van der Waals surface area (Å²) >= 11 is 0.0448. The van der Waals surface area contributed by atoms with Gasteiger partial charge in [0.1, 0.15) is 0 Å². The summed E-state index contributed by atoms with van der Waals surface area (Å²) in [6, 6.07) is 42.3. The van der Waals surface area contributed by atoms with Crippen LogP contribution in [0, 0.1) is 5.41 Å². The van der Waals surface area contributed by atoms with Gasteiger partial charge >= 0.3 is 292 Å². The molecule has 0 atom stereocenters. The third-order valence-electron chi connectivity index (χ3n) is 13.4. The molecule has 0 radical (unpaired) electrons. The van der Waals surface area contributed by atoms with Crippen LogP contribution in [0.5, 0.6) is 5.75 Å². The second kappa shape index (κ2) is 16.7. The minimum atomic E-state index is -0.326. The van der Waals surface area contributed by atoms with Gasteiger partial charge in [-0.3, -0.25) is 0 Å². The fraction of sp³-hybridized carbons (Fsp3) is 0.339. The monoisotopic (exact) mass is 964 g/mol. The molecule has 9 rings (SSSR count). The van der Waals surface area contributed by atoms with Gasteiger partial charge < -0.3 is 0 Å². The molecule has 348 valence electrons. The summed E-state index contributed by atoms with van der Waals surface area (Å²) in [4.78, 5) is 15.8. The first-order valence-electron chi connectivity index (χ1n) is 24.2. The SMILES string of the molecule is CC(C)(C)Cc1cccc2c1[se]c1c(-c3cc(-c4cccc5c4nc(-c4cc(C(C)(C)C)cc(C(C)(C)C)c4O)n5-c4ccc(C(C)(C)C)cc4-c4ccccc4)cc(C(C)(C)C)c3)ncnc12. The Morgan fingerprint density at radius 3 is 1.82 bits per heavy atom. The van der Waals surface area contributed by atoms with Crippen molar-refractivity contribution in [2.75, 3.05) is 0 Å². The average Bonchev–Trinajstić information content (AvgIpc) is 3.84. The molecule has 0 unspecified atom stereocenters. The standard InChI is InChI=1S/C62H68N4OSe/c1-58(2,3)35-38-23-19-25-45-53-56(68-55(38)45)51(63-36-64-53)40-29-39(30-42(31-40)60(7,8)9)44-24-20-26-50-52(44)65-57(47-33-43(61(10,11)12)34-48(54(47)67)62(13,14)15)66(50)49-28-27-41(59(4,5)6)32-46(49)37-21-17-16-18-22-37/h16-34,36,67H,35H2,1-15H3. The van der Waals surface area contributed by atoms with Gasteiger partial charge in [-0.1, -0.05) is 98.7 Å². The first-order chi connectivity index (χ1) is 31.8. The predicted octanol–water partition coefficient (Wildman–Crippen LogP) is 16.3. The van der Waals surface area contributed by atoms with E-state index >= 15 is 0 Å². The van der Waals surface area contributed by atoms with E-state index in [0.717, 1.165) is 78.9 Å². The van der Waals surface area contributed by atoms with Crippen molar-refractivity contribution in [3.8, 4) is 56.3 Å². The van der Waals surface area contributed by atoms with Crippen LogP contribution in [0.1, 0.15) is 132 Å². The zero-order valence-corrected chi connectivity index (χ0v) is 44.6. The van der Waals surface area contributed by atoms with Crippen LogP contribution in [0.3, 0.4) is 0 Å². The molecule has 5 nitrogen and oxygen atoms in total. The summed E-state index contributed by atoms with van der Waals surface area (Å²) in [5, 5.41) is 13.9. The quantitative estimate of drug-likeness (QED) is 0.169. The Morgan fingerprint density at radius 1 is 0.515 bits per heavy atom. The number of fused-ring (bicyclic) bond motifs is 4. The summed E-state index contributed by atoms with van der Waals surface area (Å²) < 4.78 is 4.98. The number of rotatable bonds is 6. The number of aromatic hydroxyl groups is 1. The van der Waals surface area contributed by atoms with E-state index in [2.05, 4.69) is 224 Å². The number of hydrogen-bond donors (Lipinski definition) is 1. The molecule has 6 heteroatoms. The Hall–Kier alpha value is -5.81. The van der Waals surface area contributed by atoms with Crippen LogP contribution in [-0.4, -0.2) is 39.1 Å². The molecule has 1 N–H and O–H groups in total. The van der Waals surface area contributed by atoms with Crippen LogP contribution in [0.15, 0.2) is 122 Å². The molecular formula is C62H68N4OSe. The van der Waals surface area contributed by atoms with Gasteiger partial charge in [0.25, 0.3) is 0 Å². The molecule has 0 saturated carbocycles. The van der Waals surface area contributed by atoms with E-state index in [0.29, 0.717) is 5.82 Å². The Morgan fingerprint density at radius 2 is 1.16 bits per heavy atom. The summed E-state index contributed by atoms with van der Waals surface area (Å²) in [7, 11) is 0. The van der Waals surface area contributed by atoms with E-state index in [4.69, 9.17) is 15.0 Å². The van der Waals surface area contributed by atoms with Crippen molar-refractivity contribution in [3.05, 3.63) is 149 Å². The van der Waals surface area contributed by atoms with Gasteiger partial charge in [0.2, 0.25) is 0 Å². The van der Waals surface area contributed by atoms with Crippen LogP contribution in [-0.2, 0) is 28.1 Å². The summed E-state index contributed by atoms with van der Waals surface area (Å²) in [5.41, 5.74) is 16.4. The molecule has 3 heterocycles. The molecule has 0 aliphatic carbocycles. The molecule has 0 bridgehead atoms. The minimum absolute atomic E-state index is 0.0448. The number of para-hydroxylation sites is 1. The Kier molecular flexibility index (Phi) is 11.6. The number of imidazole rings is 1. The van der Waals surface area contributed by atoms with E-state index in [9.17, 15) is 5.11 Å². The fourth-order valence-corrected chi connectivity index (χ4v) is 12.2. The van der Waals surface area contributed by atoms with Crippen LogP contribution >= 0.6 is 0 Å². The van der Waals surface area contributed by atoms with Crippen molar-refractivity contribution in [2.45, 2.75) is 132 Å². The van der Waals surface area contributed by atoms with Gasteiger partial charge in [-0.2, -0.15) is 0 Å². The molecule has 0 fully saturated rings. The van der Waals surface area contributed by atoms with Crippen LogP contribution in [0.25, 0.3) is 81.0 Å². The first kappa shape index (κ1) is 47.3. The van der Waals surface area contributed by atoms with E-state index in [-0.39, 0.29) is 47.3 Å². The fourth-order valence-electron chi connectivity index (χ4n) is 9.54. The van der Waals surface area contributed by atoms with Crippen molar-refractivity contribution < 1.29 is 5.11 Å². The van der Waals surface area contributed by atoms with E-state index in [1.54, 1.807) is 6.33 Å². The molecular weight excluding hydrogens is 896 g/mol. The number of phenols is 1. The number of aromatic nitrogens is 4. The van der Waals surface area contributed by atoms with Gasteiger partial charge in [-0.05, 0) is 21.8 Å². The van der Waals surface area contributed by atoms with Crippen LogP contribution in [0.2, 0.25) is 0 Å². The predicted molar refractivity (Wildman–Crippen MR) is 290 cm³/mol. The van der Waals surface area contributed by atoms with Crippen molar-refractivity contribution >= 4 is 45.0 Å². The van der Waals surface area contributed by atoms with E-state index in [1.807, 2.05) is 0 Å². The summed E-state index contributed by atoms with van der Waals surface area (Å²) in [5.74, 6) is 0.967. The maximum absolute atomic E-state index is 12.6. The van der Waals surface area contributed by atoms with Gasteiger partial charge in [0, 0.05) is 0 Å². The third kappa shape index (κ3) is 8.87. The van der Waals surface area contributed by atoms with Crippen LogP contribution in [0.4, 0.5) is 0 Å². The average molecular weight is 964 g/mol. The van der Waals surface area contributed by atoms with Gasteiger partial charge in [0.15, 0.2) is 0 Å². The Bertz CT molecular complexity index is 3390. The molecule has 9 aromatic rings. The molecule has 3 aromatic heterocycles. The van der Waals surface area contributed by atoms with Gasteiger partial charge in [0.05, 0.1) is 0 Å². The Labute approximate surface area is 410 Å². The van der Waals surface area contributed by atoms with Gasteiger partial charge in [-0.25, -0.2) is 0 Å². The zero-order valence-electron chi connectivity index (χ0n) is 42.9. The molecule has 0 amide bonds. The molecule has 0 spiro atoms. The van der Waals surface area contributed by atoms with Crippen molar-refractivity contribution in [1.82, 2.24) is 19.5 Å². The second-order valence-electron chi connectivity index (χ2n) is 24.3. The van der Waals surface area contributed by atoms with Crippen molar-refractivity contribution in [2.24, 2.45) is 5.41 Å². The van der Waals surface area contributed by atoms with Crippen molar-refractivity contribution in [1.29, 1.82) is 0 Å². The maximum atomic E-state index is 12.6. The number of nitrogens with zero attached hydrogens (tertiary/aromatic N) is 4. The molecule has 0 saturated heterocycles. The Balaban J connectivity index is 1.37. The molecule has 0 aliphatic rings. The number of hydrogen-bond acceptors (Lipinski definition) is 4.